The summed E-state index contributed by atoms with van der Waals surface area (Å²) in [5.41, 5.74) is 4.49. The van der Waals surface area contributed by atoms with Crippen LogP contribution in [0.3, 0.4) is 0 Å². The van der Waals surface area contributed by atoms with Gasteiger partial charge in [0.2, 0.25) is 5.91 Å². The van der Waals surface area contributed by atoms with Crippen LogP contribution in [-0.4, -0.2) is 39.2 Å². The van der Waals surface area contributed by atoms with Gasteiger partial charge in [0.15, 0.2) is 0 Å². The van der Waals surface area contributed by atoms with E-state index < -0.39 is 0 Å². The summed E-state index contributed by atoms with van der Waals surface area (Å²) in [5.74, 6) is 1.07. The molecular weight excluding hydrogens is 244 g/mol. The number of carbonyl (C=O) groups is 1. The van der Waals surface area contributed by atoms with Gasteiger partial charge in [0.25, 0.3) is 0 Å². The molecule has 0 heterocycles. The van der Waals surface area contributed by atoms with E-state index in [0.717, 1.165) is 16.9 Å². The number of methoxy groups -OCH3 is 2. The van der Waals surface area contributed by atoms with Gasteiger partial charge >= 0.3 is 0 Å². The molecule has 1 amide bonds. The van der Waals surface area contributed by atoms with Gasteiger partial charge in [-0.05, 0) is 19.9 Å². The summed E-state index contributed by atoms with van der Waals surface area (Å²) in [5, 5.41) is 1.63. The van der Waals surface area contributed by atoms with Gasteiger partial charge in [-0.25, -0.2) is 5.01 Å². The zero-order valence-corrected chi connectivity index (χ0v) is 12.4. The van der Waals surface area contributed by atoms with E-state index in [1.54, 1.807) is 33.3 Å². The van der Waals surface area contributed by atoms with Crippen LogP contribution in [0.2, 0.25) is 0 Å². The molecule has 5 heteroatoms. The Kier molecular flexibility index (Phi) is 5.18. The number of hydrazine groups is 1. The third-order valence-electron chi connectivity index (χ3n) is 3.00. The number of hydrogen-bond donors (Lipinski definition) is 1. The summed E-state index contributed by atoms with van der Waals surface area (Å²) in [7, 11) is 6.77. The monoisotopic (exact) mass is 266 g/mol. The summed E-state index contributed by atoms with van der Waals surface area (Å²) in [6.45, 7) is 3.76. The third-order valence-corrected chi connectivity index (χ3v) is 3.00. The van der Waals surface area contributed by atoms with Gasteiger partial charge in [0.1, 0.15) is 11.5 Å². The molecule has 1 aromatic rings. The fraction of sp³-hybridized carbons (Fsp3) is 0.500. The van der Waals surface area contributed by atoms with E-state index in [1.165, 1.54) is 0 Å². The molecular formula is C14H22N2O3. The van der Waals surface area contributed by atoms with Crippen molar-refractivity contribution in [3.63, 3.8) is 0 Å². The predicted molar refractivity (Wildman–Crippen MR) is 74.5 cm³/mol. The average molecular weight is 266 g/mol. The molecule has 0 aromatic heterocycles. The molecule has 0 aliphatic heterocycles. The number of nitrogens with zero attached hydrogens (tertiary/aromatic N) is 1. The lowest BCUT2D eigenvalue weighted by Gasteiger charge is -2.20. The van der Waals surface area contributed by atoms with Gasteiger partial charge in [0.05, 0.1) is 20.1 Å². The van der Waals surface area contributed by atoms with Crippen LogP contribution in [0.4, 0.5) is 0 Å². The highest BCUT2D eigenvalue weighted by Gasteiger charge is 2.22. The Morgan fingerprint density at radius 3 is 2.37 bits per heavy atom. The van der Waals surface area contributed by atoms with Crippen molar-refractivity contribution in [1.29, 1.82) is 0 Å². The van der Waals surface area contributed by atoms with Gasteiger partial charge in [-0.1, -0.05) is 6.07 Å². The Labute approximate surface area is 114 Å². The van der Waals surface area contributed by atoms with Crippen molar-refractivity contribution in [2.45, 2.75) is 19.8 Å². The van der Waals surface area contributed by atoms with Gasteiger partial charge in [-0.15, -0.1) is 0 Å². The Hall–Kier alpha value is -1.75. The molecule has 1 unspecified atom stereocenters. The first-order valence-corrected chi connectivity index (χ1v) is 6.11. The molecule has 0 saturated heterocycles. The van der Waals surface area contributed by atoms with E-state index in [9.17, 15) is 4.79 Å². The van der Waals surface area contributed by atoms with Gasteiger partial charge in [0, 0.05) is 25.2 Å². The van der Waals surface area contributed by atoms with Crippen LogP contribution in [0.15, 0.2) is 12.1 Å². The Morgan fingerprint density at radius 1 is 1.26 bits per heavy atom. The van der Waals surface area contributed by atoms with Gasteiger partial charge in [-0.2, -0.15) is 0 Å². The number of amides is 1. The lowest BCUT2D eigenvalue weighted by Crippen LogP contribution is -2.38. The summed E-state index contributed by atoms with van der Waals surface area (Å²) >= 11 is 0. The van der Waals surface area contributed by atoms with Crippen molar-refractivity contribution < 1.29 is 14.3 Å². The quantitative estimate of drug-likeness (QED) is 0.824. The van der Waals surface area contributed by atoms with Crippen molar-refractivity contribution in [2.24, 2.45) is 0 Å². The highest BCUT2D eigenvalue weighted by Crippen LogP contribution is 2.35. The number of nitrogens with one attached hydrogen (secondary N) is 1. The third kappa shape index (κ3) is 3.38. The number of rotatable bonds is 5. The minimum absolute atomic E-state index is 0.0760. The second-order valence-electron chi connectivity index (χ2n) is 4.61. The topological polar surface area (TPSA) is 50.8 Å². The van der Waals surface area contributed by atoms with Crippen molar-refractivity contribution in [2.75, 3.05) is 28.3 Å². The van der Waals surface area contributed by atoms with Crippen LogP contribution >= 0.6 is 0 Å². The molecule has 0 spiro atoms. The predicted octanol–water partition coefficient (Wildman–Crippen LogP) is 1.71. The number of ether oxygens (including phenoxy) is 2. The molecule has 0 saturated carbocycles. The molecule has 0 aliphatic carbocycles. The second-order valence-corrected chi connectivity index (χ2v) is 4.61. The minimum atomic E-state index is -0.304. The van der Waals surface area contributed by atoms with E-state index in [2.05, 4.69) is 5.43 Å². The van der Waals surface area contributed by atoms with Crippen LogP contribution in [0.1, 0.15) is 24.0 Å². The maximum atomic E-state index is 12.0. The lowest BCUT2D eigenvalue weighted by atomic mass is 9.96. The molecule has 19 heavy (non-hydrogen) atoms. The second kappa shape index (κ2) is 6.43. The first-order valence-electron chi connectivity index (χ1n) is 6.11. The summed E-state index contributed by atoms with van der Waals surface area (Å²) in [6.07, 6.45) is 0. The SMILES string of the molecule is COc1ccc(C(C)C(=O)NN(C)C)c(OC)c1C. The van der Waals surface area contributed by atoms with Crippen LogP contribution < -0.4 is 14.9 Å². The summed E-state index contributed by atoms with van der Waals surface area (Å²) < 4.78 is 10.7. The molecule has 0 fully saturated rings. The van der Waals surface area contributed by atoms with Crippen molar-refractivity contribution >= 4 is 5.91 Å². The van der Waals surface area contributed by atoms with Crippen LogP contribution in [0.25, 0.3) is 0 Å². The fourth-order valence-electron chi connectivity index (χ4n) is 1.99. The first-order chi connectivity index (χ1) is 8.92. The molecule has 1 aromatic carbocycles. The molecule has 1 rings (SSSR count). The Bertz CT molecular complexity index is 458. The van der Waals surface area contributed by atoms with E-state index in [1.807, 2.05) is 26.0 Å². The normalized spacial score (nSPS) is 12.2. The Balaban J connectivity index is 3.13. The molecule has 1 atom stereocenters. The zero-order chi connectivity index (χ0) is 14.6. The largest absolute Gasteiger partial charge is 0.496 e. The van der Waals surface area contributed by atoms with Gasteiger partial charge in [-0.3, -0.25) is 10.2 Å². The zero-order valence-electron chi connectivity index (χ0n) is 12.4. The average Bonchev–Trinajstić information content (AvgIpc) is 2.36. The highest BCUT2D eigenvalue weighted by atomic mass is 16.5. The maximum Gasteiger partial charge on any atom is 0.241 e. The number of carbonyl (C=O) groups excluding carboxylic acids is 1. The minimum Gasteiger partial charge on any atom is -0.496 e. The Morgan fingerprint density at radius 2 is 1.89 bits per heavy atom. The van der Waals surface area contributed by atoms with Crippen molar-refractivity contribution in [3.05, 3.63) is 23.3 Å². The highest BCUT2D eigenvalue weighted by molar-refractivity contribution is 5.84. The number of hydrogen-bond acceptors (Lipinski definition) is 4. The standard InChI is InChI=1S/C14H22N2O3/c1-9(14(17)15-16(3)4)11-7-8-12(18-5)10(2)13(11)19-6/h7-9H,1-6H3,(H,15,17). The van der Waals surface area contributed by atoms with E-state index in [-0.39, 0.29) is 11.8 Å². The van der Waals surface area contributed by atoms with Gasteiger partial charge < -0.3 is 9.47 Å². The molecule has 0 bridgehead atoms. The van der Waals surface area contributed by atoms with E-state index in [0.29, 0.717) is 5.75 Å². The van der Waals surface area contributed by atoms with E-state index >= 15 is 0 Å². The molecule has 0 aliphatic rings. The number of benzene rings is 1. The lowest BCUT2D eigenvalue weighted by molar-refractivity contribution is -0.126. The smallest absolute Gasteiger partial charge is 0.241 e. The summed E-state index contributed by atoms with van der Waals surface area (Å²) in [4.78, 5) is 12.0. The maximum absolute atomic E-state index is 12.0. The fourth-order valence-corrected chi connectivity index (χ4v) is 1.99. The molecule has 1 N–H and O–H groups in total. The molecule has 0 radical (unpaired) electrons. The molecule has 5 nitrogen and oxygen atoms in total. The van der Waals surface area contributed by atoms with Crippen LogP contribution in [-0.2, 0) is 4.79 Å². The van der Waals surface area contributed by atoms with Crippen LogP contribution in [0.5, 0.6) is 11.5 Å². The molecule has 106 valence electrons. The van der Waals surface area contributed by atoms with E-state index in [4.69, 9.17) is 9.47 Å². The van der Waals surface area contributed by atoms with Crippen molar-refractivity contribution in [1.82, 2.24) is 10.4 Å². The summed E-state index contributed by atoms with van der Waals surface area (Å²) in [6, 6.07) is 3.72. The first kappa shape index (κ1) is 15.3. The van der Waals surface area contributed by atoms with Crippen molar-refractivity contribution in [3.8, 4) is 11.5 Å². The van der Waals surface area contributed by atoms with Crippen LogP contribution in [0, 0.1) is 6.92 Å².